The fraction of sp³-hybridized carbons (Fsp3) is 0.312. The van der Waals surface area contributed by atoms with Gasteiger partial charge in [-0.05, 0) is 12.8 Å². The molecule has 0 saturated heterocycles. The van der Waals surface area contributed by atoms with E-state index >= 15 is 0 Å². The predicted molar refractivity (Wildman–Crippen MR) is 93.1 cm³/mol. The van der Waals surface area contributed by atoms with Crippen LogP contribution < -0.4 is 10.1 Å². The molecule has 1 aromatic heterocycles. The summed E-state index contributed by atoms with van der Waals surface area (Å²) in [7, 11) is 1.49. The van der Waals surface area contributed by atoms with Gasteiger partial charge in [0.15, 0.2) is 5.69 Å². The van der Waals surface area contributed by atoms with Crippen LogP contribution >= 0.6 is 23.2 Å². The molecule has 0 bridgehead atoms. The summed E-state index contributed by atoms with van der Waals surface area (Å²) in [6.45, 7) is 0. The highest BCUT2D eigenvalue weighted by atomic mass is 35.5. The number of nitrogens with zero attached hydrogens (tertiary/aromatic N) is 3. The number of nitriles is 1. The van der Waals surface area contributed by atoms with Gasteiger partial charge in [-0.2, -0.15) is 10.4 Å². The van der Waals surface area contributed by atoms with E-state index < -0.39 is 23.5 Å². The number of aliphatic carboxylic acids is 1. The third-order valence-corrected chi connectivity index (χ3v) is 4.88. The summed E-state index contributed by atoms with van der Waals surface area (Å²) in [5.74, 6) is -1.58. The van der Waals surface area contributed by atoms with Gasteiger partial charge in [-0.15, -0.1) is 13.2 Å². The first-order valence-corrected chi connectivity index (χ1v) is 8.49. The molecule has 0 unspecified atom stereocenters. The van der Waals surface area contributed by atoms with Gasteiger partial charge in [-0.3, -0.25) is 4.79 Å². The molecule has 2 aromatic rings. The predicted octanol–water partition coefficient (Wildman–Crippen LogP) is 4.11. The van der Waals surface area contributed by atoms with Crippen LogP contribution in [0, 0.1) is 11.3 Å². The zero-order valence-corrected chi connectivity index (χ0v) is 15.6. The van der Waals surface area contributed by atoms with E-state index in [4.69, 9.17) is 23.2 Å². The third-order valence-electron chi connectivity index (χ3n) is 4.30. The molecular formula is C16H11Cl2F3N4O3. The fourth-order valence-electron chi connectivity index (χ4n) is 2.98. The largest absolute Gasteiger partial charge is 0.573 e. The summed E-state index contributed by atoms with van der Waals surface area (Å²) in [6, 6.07) is 3.64. The second kappa shape index (κ2) is 6.76. The monoisotopic (exact) mass is 434 g/mol. The van der Waals surface area contributed by atoms with Crippen molar-refractivity contribution in [3.8, 4) is 17.5 Å². The molecule has 1 heterocycles. The van der Waals surface area contributed by atoms with Crippen LogP contribution in [0.2, 0.25) is 10.0 Å². The van der Waals surface area contributed by atoms with Crippen LogP contribution in [0.3, 0.4) is 0 Å². The van der Waals surface area contributed by atoms with E-state index in [0.717, 1.165) is 16.8 Å². The lowest BCUT2D eigenvalue weighted by Crippen LogP contribution is -2.21. The molecule has 1 aliphatic carbocycles. The molecule has 1 aromatic carbocycles. The van der Waals surface area contributed by atoms with Gasteiger partial charge < -0.3 is 15.2 Å². The Hall–Kier alpha value is -2.64. The van der Waals surface area contributed by atoms with E-state index in [1.165, 1.54) is 7.05 Å². The molecule has 2 N–H and O–H groups in total. The maximum absolute atomic E-state index is 12.4. The lowest BCUT2D eigenvalue weighted by Gasteiger charge is -2.16. The second-order valence-corrected chi connectivity index (χ2v) is 6.83. The van der Waals surface area contributed by atoms with Crippen molar-refractivity contribution in [3.05, 3.63) is 33.4 Å². The number of carboxylic acids is 1. The summed E-state index contributed by atoms with van der Waals surface area (Å²) >= 11 is 12.2. The van der Waals surface area contributed by atoms with E-state index in [1.54, 1.807) is 0 Å². The number of carbonyl (C=O) groups is 1. The van der Waals surface area contributed by atoms with Crippen LogP contribution in [0.25, 0.3) is 5.69 Å². The molecule has 3 rings (SSSR count). The van der Waals surface area contributed by atoms with Gasteiger partial charge in [0.05, 0.1) is 21.0 Å². The lowest BCUT2D eigenvalue weighted by molar-refractivity contribution is -0.274. The Balaban J connectivity index is 2.19. The summed E-state index contributed by atoms with van der Waals surface area (Å²) in [5, 5.41) is 25.4. The summed E-state index contributed by atoms with van der Waals surface area (Å²) in [4.78, 5) is 11.7. The zero-order valence-electron chi connectivity index (χ0n) is 14.1. The minimum atomic E-state index is -4.93. The van der Waals surface area contributed by atoms with Crippen LogP contribution in [0.15, 0.2) is 12.1 Å². The highest BCUT2D eigenvalue weighted by Crippen LogP contribution is 2.53. The topological polar surface area (TPSA) is 100 Å². The van der Waals surface area contributed by atoms with Gasteiger partial charge in [-0.1, -0.05) is 23.2 Å². The van der Waals surface area contributed by atoms with Crippen molar-refractivity contribution < 1.29 is 27.8 Å². The van der Waals surface area contributed by atoms with E-state index in [1.807, 2.05) is 6.07 Å². The normalized spacial score (nSPS) is 15.0. The van der Waals surface area contributed by atoms with Crippen molar-refractivity contribution in [3.63, 3.8) is 0 Å². The molecule has 0 spiro atoms. The molecule has 1 saturated carbocycles. The minimum Gasteiger partial charge on any atom is -0.481 e. The Bertz CT molecular complexity index is 987. The molecule has 0 aliphatic heterocycles. The molecule has 0 amide bonds. The SMILES string of the molecule is CNc1c(C2(C(=O)O)CC2)c(C#N)nn1-c1c(Cl)cc(OC(F)(F)F)cc1Cl. The Kier molecular flexibility index (Phi) is 4.85. The van der Waals surface area contributed by atoms with E-state index in [2.05, 4.69) is 15.2 Å². The minimum absolute atomic E-state index is 0.0221. The number of nitrogens with one attached hydrogen (secondary N) is 1. The van der Waals surface area contributed by atoms with Gasteiger partial charge in [0.1, 0.15) is 23.3 Å². The number of alkyl halides is 3. The van der Waals surface area contributed by atoms with Crippen LogP contribution in [-0.4, -0.2) is 34.3 Å². The van der Waals surface area contributed by atoms with Crippen LogP contribution in [0.1, 0.15) is 24.1 Å². The molecule has 148 valence electrons. The van der Waals surface area contributed by atoms with Crippen molar-refractivity contribution in [1.29, 1.82) is 5.26 Å². The Morgan fingerprint density at radius 2 is 1.96 bits per heavy atom. The number of carboxylic acid groups (broad SMARTS) is 1. The van der Waals surface area contributed by atoms with E-state index in [0.29, 0.717) is 12.8 Å². The summed E-state index contributed by atoms with van der Waals surface area (Å²) in [6.07, 6.45) is -4.30. The third kappa shape index (κ3) is 3.31. The number of ether oxygens (including phenoxy) is 1. The van der Waals surface area contributed by atoms with E-state index in [-0.39, 0.29) is 32.8 Å². The standard InChI is InChI=1S/C16H11Cl2F3N4O3/c1-23-13-11(15(2-3-15)14(26)27)10(6-22)24-25(13)12-8(17)4-7(5-9(12)18)28-16(19,20)21/h4-5,23H,2-3H2,1H3,(H,26,27). The maximum atomic E-state index is 12.4. The molecular weight excluding hydrogens is 424 g/mol. The van der Waals surface area contributed by atoms with Crippen molar-refractivity contribution in [1.82, 2.24) is 9.78 Å². The summed E-state index contributed by atoms with van der Waals surface area (Å²) < 4.78 is 42.2. The van der Waals surface area contributed by atoms with Crippen molar-refractivity contribution in [2.45, 2.75) is 24.6 Å². The first-order chi connectivity index (χ1) is 13.0. The average molecular weight is 435 g/mol. The highest BCUT2D eigenvalue weighted by Gasteiger charge is 2.56. The second-order valence-electron chi connectivity index (χ2n) is 6.02. The number of halogens is 5. The molecule has 1 aliphatic rings. The number of rotatable bonds is 5. The number of hydrogen-bond acceptors (Lipinski definition) is 5. The Labute approximate surface area is 166 Å². The lowest BCUT2D eigenvalue weighted by atomic mass is 9.95. The Morgan fingerprint density at radius 3 is 2.36 bits per heavy atom. The van der Waals surface area contributed by atoms with Gasteiger partial charge >= 0.3 is 12.3 Å². The number of benzene rings is 1. The average Bonchev–Trinajstić information content (AvgIpc) is 3.29. The number of anilines is 1. The van der Waals surface area contributed by atoms with Crippen molar-refractivity contribution in [2.75, 3.05) is 12.4 Å². The number of hydrogen-bond donors (Lipinski definition) is 2. The molecule has 7 nitrogen and oxygen atoms in total. The maximum Gasteiger partial charge on any atom is 0.573 e. The zero-order chi connectivity index (χ0) is 20.9. The Morgan fingerprint density at radius 1 is 1.39 bits per heavy atom. The highest BCUT2D eigenvalue weighted by molar-refractivity contribution is 6.38. The van der Waals surface area contributed by atoms with Crippen molar-refractivity contribution in [2.24, 2.45) is 0 Å². The van der Waals surface area contributed by atoms with Gasteiger partial charge in [0.2, 0.25) is 0 Å². The first kappa shape index (κ1) is 20.1. The smallest absolute Gasteiger partial charge is 0.481 e. The quantitative estimate of drug-likeness (QED) is 0.734. The molecule has 0 atom stereocenters. The summed E-state index contributed by atoms with van der Waals surface area (Å²) in [5.41, 5.74) is -1.26. The van der Waals surface area contributed by atoms with E-state index in [9.17, 15) is 28.3 Å². The van der Waals surface area contributed by atoms with Gasteiger partial charge in [0.25, 0.3) is 0 Å². The van der Waals surface area contributed by atoms with Crippen LogP contribution in [0.5, 0.6) is 5.75 Å². The first-order valence-electron chi connectivity index (χ1n) is 7.74. The van der Waals surface area contributed by atoms with Crippen LogP contribution in [-0.2, 0) is 10.2 Å². The van der Waals surface area contributed by atoms with Gasteiger partial charge in [-0.25, -0.2) is 4.68 Å². The molecule has 12 heteroatoms. The molecule has 0 radical (unpaired) electrons. The fourth-order valence-corrected chi connectivity index (χ4v) is 3.60. The molecule has 1 fully saturated rings. The molecule has 28 heavy (non-hydrogen) atoms. The van der Waals surface area contributed by atoms with Crippen LogP contribution in [0.4, 0.5) is 19.0 Å². The number of aromatic nitrogens is 2. The van der Waals surface area contributed by atoms with Crippen molar-refractivity contribution >= 4 is 35.0 Å². The van der Waals surface area contributed by atoms with Gasteiger partial charge in [0, 0.05) is 19.2 Å².